The third kappa shape index (κ3) is 5.02. The van der Waals surface area contributed by atoms with Crippen molar-refractivity contribution in [1.82, 2.24) is 10.3 Å². The van der Waals surface area contributed by atoms with Gasteiger partial charge in [-0.25, -0.2) is 8.78 Å². The van der Waals surface area contributed by atoms with Gasteiger partial charge in [0.2, 0.25) is 0 Å². The topological polar surface area (TPSA) is 56.9 Å². The van der Waals surface area contributed by atoms with Crippen LogP contribution >= 0.6 is 12.2 Å². The molecule has 5 nitrogen and oxygen atoms in total. The van der Waals surface area contributed by atoms with E-state index in [9.17, 15) is 8.78 Å². The molecule has 28 heavy (non-hydrogen) atoms. The fraction of sp³-hybridized carbons (Fsp3) is 0.300. The number of nitrogens with two attached hydrogens (primary N) is 1. The van der Waals surface area contributed by atoms with Crippen molar-refractivity contribution >= 4 is 29.2 Å². The smallest absolute Gasteiger partial charge is 0.184 e. The second-order valence-corrected chi connectivity index (χ2v) is 7.27. The Hall–Kier alpha value is -2.58. The number of hydrazone groups is 1. The van der Waals surface area contributed by atoms with Gasteiger partial charge in [-0.3, -0.25) is 10.3 Å². The number of hydrogen-bond acceptors (Lipinski definition) is 4. The number of nitrogens with zero attached hydrogens (tertiary/aromatic N) is 3. The fourth-order valence-electron chi connectivity index (χ4n) is 3.40. The van der Waals surface area contributed by atoms with Gasteiger partial charge in [0.05, 0.1) is 11.9 Å². The molecule has 0 saturated carbocycles. The molecule has 1 fully saturated rings. The molecule has 0 bridgehead atoms. The summed E-state index contributed by atoms with van der Waals surface area (Å²) in [5.74, 6) is -1.06. The number of hydrogen-bond donors (Lipinski definition) is 2. The molecular formula is C20H23F2N5S. The highest BCUT2D eigenvalue weighted by Crippen LogP contribution is 2.27. The van der Waals surface area contributed by atoms with Gasteiger partial charge in [-0.15, -0.1) is 0 Å². The van der Waals surface area contributed by atoms with Crippen LogP contribution in [0, 0.1) is 11.6 Å². The van der Waals surface area contributed by atoms with Gasteiger partial charge in [0.25, 0.3) is 0 Å². The van der Waals surface area contributed by atoms with Gasteiger partial charge < -0.3 is 10.6 Å². The minimum absolute atomic E-state index is 0.0236. The van der Waals surface area contributed by atoms with E-state index in [4.69, 9.17) is 5.73 Å². The van der Waals surface area contributed by atoms with Crippen LogP contribution in [-0.2, 0) is 6.54 Å². The van der Waals surface area contributed by atoms with E-state index in [-0.39, 0.29) is 22.4 Å². The van der Waals surface area contributed by atoms with E-state index >= 15 is 0 Å². The molecule has 1 aliphatic rings. The lowest BCUT2D eigenvalue weighted by atomic mass is 10.1. The molecule has 1 saturated heterocycles. The van der Waals surface area contributed by atoms with Gasteiger partial charge >= 0.3 is 0 Å². The SMILES string of the molecule is CN(c1cc(F)c(C=NNC(N)=S)cc1F)[C@H]1CCN(Cc2ccccc2)C1. The molecule has 1 atom stereocenters. The molecular weight excluding hydrogens is 380 g/mol. The number of nitrogens with one attached hydrogen (secondary N) is 1. The van der Waals surface area contributed by atoms with Crippen LogP contribution in [-0.4, -0.2) is 42.4 Å². The Bertz CT molecular complexity index is 859. The number of halogens is 2. The van der Waals surface area contributed by atoms with E-state index in [1.807, 2.05) is 23.1 Å². The highest BCUT2D eigenvalue weighted by atomic mass is 32.1. The first-order chi connectivity index (χ1) is 13.4. The van der Waals surface area contributed by atoms with Crippen LogP contribution in [0.3, 0.4) is 0 Å². The molecule has 1 heterocycles. The van der Waals surface area contributed by atoms with E-state index in [2.05, 4.69) is 39.8 Å². The van der Waals surface area contributed by atoms with Crippen LogP contribution in [0.1, 0.15) is 17.5 Å². The summed E-state index contributed by atoms with van der Waals surface area (Å²) in [6.45, 7) is 2.57. The largest absolute Gasteiger partial charge is 0.375 e. The van der Waals surface area contributed by atoms with Crippen molar-refractivity contribution in [1.29, 1.82) is 0 Å². The van der Waals surface area contributed by atoms with Crippen molar-refractivity contribution in [3.63, 3.8) is 0 Å². The summed E-state index contributed by atoms with van der Waals surface area (Å²) >= 11 is 4.61. The molecule has 2 aromatic rings. The Morgan fingerprint density at radius 3 is 2.79 bits per heavy atom. The first-order valence-corrected chi connectivity index (χ1v) is 9.41. The zero-order chi connectivity index (χ0) is 20.1. The molecule has 0 aliphatic carbocycles. The summed E-state index contributed by atoms with van der Waals surface area (Å²) in [5, 5.41) is 3.63. The molecule has 1 aliphatic heterocycles. The summed E-state index contributed by atoms with van der Waals surface area (Å²) in [6, 6.07) is 12.7. The molecule has 0 aromatic heterocycles. The highest BCUT2D eigenvalue weighted by Gasteiger charge is 2.27. The summed E-state index contributed by atoms with van der Waals surface area (Å²) in [4.78, 5) is 4.14. The molecule has 2 aromatic carbocycles. The molecule has 0 spiro atoms. The van der Waals surface area contributed by atoms with Crippen LogP contribution in [0.4, 0.5) is 14.5 Å². The zero-order valence-corrected chi connectivity index (χ0v) is 16.4. The van der Waals surface area contributed by atoms with Crippen molar-refractivity contribution in [3.05, 3.63) is 65.2 Å². The number of thiocarbonyl (C=S) groups is 1. The Kier molecular flexibility index (Phi) is 6.53. The number of likely N-dealkylation sites (tertiary alicyclic amines) is 1. The van der Waals surface area contributed by atoms with E-state index < -0.39 is 11.6 Å². The third-order valence-electron chi connectivity index (χ3n) is 4.87. The van der Waals surface area contributed by atoms with Crippen LogP contribution < -0.4 is 16.1 Å². The second kappa shape index (κ2) is 9.07. The minimum Gasteiger partial charge on any atom is -0.375 e. The van der Waals surface area contributed by atoms with Crippen LogP contribution in [0.2, 0.25) is 0 Å². The molecule has 3 N–H and O–H groups in total. The Morgan fingerprint density at radius 2 is 2.07 bits per heavy atom. The highest BCUT2D eigenvalue weighted by molar-refractivity contribution is 7.80. The van der Waals surface area contributed by atoms with Crippen LogP contribution in [0.25, 0.3) is 0 Å². The summed E-state index contributed by atoms with van der Waals surface area (Å²) in [5.41, 5.74) is 9.08. The molecule has 0 radical (unpaired) electrons. The maximum absolute atomic E-state index is 14.6. The van der Waals surface area contributed by atoms with Crippen molar-refractivity contribution in [3.8, 4) is 0 Å². The van der Waals surface area contributed by atoms with Gasteiger partial charge in [-0.2, -0.15) is 5.10 Å². The number of likely N-dealkylation sites (N-methyl/N-ethyl adjacent to an activating group) is 1. The molecule has 0 amide bonds. The Labute approximate surface area is 168 Å². The lowest BCUT2D eigenvalue weighted by Gasteiger charge is -2.27. The Morgan fingerprint density at radius 1 is 1.32 bits per heavy atom. The second-order valence-electron chi connectivity index (χ2n) is 6.83. The van der Waals surface area contributed by atoms with E-state index in [1.54, 1.807) is 7.05 Å². The normalized spacial score (nSPS) is 17.2. The van der Waals surface area contributed by atoms with Crippen LogP contribution in [0.15, 0.2) is 47.6 Å². The number of benzene rings is 2. The summed E-state index contributed by atoms with van der Waals surface area (Å²) in [7, 11) is 1.80. The van der Waals surface area contributed by atoms with Crippen molar-refractivity contribution in [2.45, 2.75) is 19.0 Å². The fourth-order valence-corrected chi connectivity index (χ4v) is 3.45. The van der Waals surface area contributed by atoms with Crippen molar-refractivity contribution in [2.24, 2.45) is 10.8 Å². The van der Waals surface area contributed by atoms with Crippen molar-refractivity contribution < 1.29 is 8.78 Å². The quantitative estimate of drug-likeness (QED) is 0.441. The van der Waals surface area contributed by atoms with Gasteiger partial charge in [0, 0.05) is 44.4 Å². The maximum atomic E-state index is 14.6. The lowest BCUT2D eigenvalue weighted by molar-refractivity contribution is 0.326. The minimum atomic E-state index is -0.559. The molecule has 8 heteroatoms. The average Bonchev–Trinajstić information content (AvgIpc) is 3.12. The van der Waals surface area contributed by atoms with E-state index in [1.165, 1.54) is 11.6 Å². The zero-order valence-electron chi connectivity index (χ0n) is 15.6. The Balaban J connectivity index is 1.67. The average molecular weight is 404 g/mol. The summed E-state index contributed by atoms with van der Waals surface area (Å²) in [6.07, 6.45) is 2.05. The maximum Gasteiger partial charge on any atom is 0.184 e. The number of rotatable bonds is 6. The third-order valence-corrected chi connectivity index (χ3v) is 4.96. The van der Waals surface area contributed by atoms with Gasteiger partial charge in [0.1, 0.15) is 11.6 Å². The van der Waals surface area contributed by atoms with Gasteiger partial charge in [0.15, 0.2) is 5.11 Å². The standard InChI is InChI=1S/C20H23F2N5S/c1-26(16-7-8-27(13-16)12-14-5-3-2-4-6-14)19-10-17(21)15(9-18(19)22)11-24-25-20(23)28/h2-6,9-11,16H,7-8,12-13H2,1H3,(H3,23,25,28)/t16-/m0/s1. The molecule has 148 valence electrons. The van der Waals surface area contributed by atoms with Crippen LogP contribution in [0.5, 0.6) is 0 Å². The first kappa shape index (κ1) is 20.2. The van der Waals surface area contributed by atoms with E-state index in [0.717, 1.165) is 38.3 Å². The lowest BCUT2D eigenvalue weighted by Crippen LogP contribution is -2.35. The molecule has 3 rings (SSSR count). The van der Waals surface area contributed by atoms with E-state index in [0.29, 0.717) is 0 Å². The van der Waals surface area contributed by atoms with Gasteiger partial charge in [-0.05, 0) is 30.3 Å². The van der Waals surface area contributed by atoms with Crippen molar-refractivity contribution in [2.75, 3.05) is 25.0 Å². The predicted molar refractivity (Wildman–Crippen MR) is 112 cm³/mol. The summed E-state index contributed by atoms with van der Waals surface area (Å²) < 4.78 is 29.0. The van der Waals surface area contributed by atoms with Gasteiger partial charge in [-0.1, -0.05) is 30.3 Å². The predicted octanol–water partition coefficient (Wildman–Crippen LogP) is 2.84. The number of anilines is 1. The monoisotopic (exact) mass is 403 g/mol. The first-order valence-electron chi connectivity index (χ1n) is 9.00. The molecule has 0 unspecified atom stereocenters.